The second-order valence-electron chi connectivity index (χ2n) is 5.47. The lowest BCUT2D eigenvalue weighted by Crippen LogP contribution is -2.49. The van der Waals surface area contributed by atoms with Crippen LogP contribution in [0.2, 0.25) is 0 Å². The van der Waals surface area contributed by atoms with E-state index < -0.39 is 5.60 Å². The van der Waals surface area contributed by atoms with Crippen molar-refractivity contribution in [3.63, 3.8) is 0 Å². The maximum atomic E-state index is 12.3. The fraction of sp³-hybridized carbons (Fsp3) is 0.688. The molecule has 1 saturated carbocycles. The SMILES string of the molecule is COC(C(C)=O)(C1=CCCC=C1)C1CCCCC1. The molecule has 0 saturated heterocycles. The number of carbonyl (C=O) groups excluding carboxylic acids is 1. The van der Waals surface area contributed by atoms with Crippen molar-refractivity contribution in [1.82, 2.24) is 0 Å². The van der Waals surface area contributed by atoms with Gasteiger partial charge in [0.15, 0.2) is 11.4 Å². The molecule has 0 aliphatic heterocycles. The summed E-state index contributed by atoms with van der Waals surface area (Å²) in [6.45, 7) is 1.68. The topological polar surface area (TPSA) is 26.3 Å². The Morgan fingerprint density at radius 1 is 1.28 bits per heavy atom. The standard InChI is InChI=1S/C16H24O2/c1-13(17)16(18-2,14-9-5-3-6-10-14)15-11-7-4-8-12-15/h5,9-10,15H,3-4,6-8,11-12H2,1-2H3. The van der Waals surface area contributed by atoms with Crippen molar-refractivity contribution in [3.8, 4) is 0 Å². The molecule has 1 atom stereocenters. The Morgan fingerprint density at radius 2 is 2.00 bits per heavy atom. The summed E-state index contributed by atoms with van der Waals surface area (Å²) < 4.78 is 5.81. The first-order chi connectivity index (χ1) is 8.71. The zero-order valence-electron chi connectivity index (χ0n) is 11.6. The summed E-state index contributed by atoms with van der Waals surface area (Å²) >= 11 is 0. The van der Waals surface area contributed by atoms with Gasteiger partial charge in [-0.1, -0.05) is 37.5 Å². The van der Waals surface area contributed by atoms with Gasteiger partial charge in [-0.15, -0.1) is 0 Å². The summed E-state index contributed by atoms with van der Waals surface area (Å²) in [5.41, 5.74) is 0.410. The number of rotatable bonds is 4. The molecule has 0 heterocycles. The Labute approximate surface area is 110 Å². The Balaban J connectivity index is 2.35. The first-order valence-corrected chi connectivity index (χ1v) is 7.15. The van der Waals surface area contributed by atoms with E-state index in [9.17, 15) is 4.79 Å². The number of carbonyl (C=O) groups is 1. The van der Waals surface area contributed by atoms with Crippen LogP contribution in [0.5, 0.6) is 0 Å². The van der Waals surface area contributed by atoms with Crippen molar-refractivity contribution in [2.45, 2.75) is 57.5 Å². The molecule has 2 rings (SSSR count). The number of methoxy groups -OCH3 is 1. The van der Waals surface area contributed by atoms with Gasteiger partial charge in [0.05, 0.1) is 0 Å². The average molecular weight is 248 g/mol. The largest absolute Gasteiger partial charge is 0.365 e. The van der Waals surface area contributed by atoms with Crippen molar-refractivity contribution < 1.29 is 9.53 Å². The van der Waals surface area contributed by atoms with E-state index >= 15 is 0 Å². The molecule has 2 aliphatic rings. The van der Waals surface area contributed by atoms with Crippen molar-refractivity contribution in [2.75, 3.05) is 7.11 Å². The van der Waals surface area contributed by atoms with Crippen LogP contribution in [0, 0.1) is 5.92 Å². The second-order valence-corrected chi connectivity index (χ2v) is 5.47. The highest BCUT2D eigenvalue weighted by molar-refractivity contribution is 5.90. The van der Waals surface area contributed by atoms with Gasteiger partial charge < -0.3 is 4.74 Å². The van der Waals surface area contributed by atoms with Crippen LogP contribution in [0.15, 0.2) is 23.8 Å². The van der Waals surface area contributed by atoms with Gasteiger partial charge in [0.25, 0.3) is 0 Å². The summed E-state index contributed by atoms with van der Waals surface area (Å²) in [7, 11) is 1.69. The highest BCUT2D eigenvalue weighted by Gasteiger charge is 2.46. The van der Waals surface area contributed by atoms with E-state index in [1.165, 1.54) is 19.3 Å². The molecule has 0 N–H and O–H groups in total. The van der Waals surface area contributed by atoms with Gasteiger partial charge in [0.1, 0.15) is 0 Å². The van der Waals surface area contributed by atoms with Gasteiger partial charge in [-0.3, -0.25) is 4.79 Å². The van der Waals surface area contributed by atoms with Crippen LogP contribution in [0.4, 0.5) is 0 Å². The van der Waals surface area contributed by atoms with Crippen LogP contribution in [-0.4, -0.2) is 18.5 Å². The van der Waals surface area contributed by atoms with Crippen LogP contribution in [0.1, 0.15) is 51.9 Å². The first-order valence-electron chi connectivity index (χ1n) is 7.15. The maximum Gasteiger partial charge on any atom is 0.166 e. The van der Waals surface area contributed by atoms with E-state index in [1.807, 2.05) is 0 Å². The lowest BCUT2D eigenvalue weighted by atomic mass is 9.70. The monoisotopic (exact) mass is 248 g/mol. The lowest BCUT2D eigenvalue weighted by molar-refractivity contribution is -0.141. The molecule has 0 aromatic rings. The second kappa shape index (κ2) is 5.83. The molecule has 0 radical (unpaired) electrons. The Bertz CT molecular complexity index is 361. The van der Waals surface area contributed by atoms with Crippen LogP contribution >= 0.6 is 0 Å². The van der Waals surface area contributed by atoms with Crippen LogP contribution in [0.3, 0.4) is 0 Å². The molecule has 2 heteroatoms. The number of ketones is 1. The summed E-state index contributed by atoms with van der Waals surface area (Å²) in [5, 5.41) is 0. The van der Waals surface area contributed by atoms with Gasteiger partial charge >= 0.3 is 0 Å². The zero-order chi connectivity index (χ0) is 13.0. The molecule has 0 aromatic heterocycles. The van der Waals surface area contributed by atoms with E-state index in [1.54, 1.807) is 14.0 Å². The van der Waals surface area contributed by atoms with E-state index in [-0.39, 0.29) is 5.78 Å². The maximum absolute atomic E-state index is 12.3. The number of Topliss-reactive ketones (excluding diaryl/α,β-unsaturated/α-hetero) is 1. The minimum absolute atomic E-state index is 0.162. The predicted octanol–water partition coefficient (Wildman–Crippen LogP) is 3.82. The molecule has 0 spiro atoms. The van der Waals surface area contributed by atoms with Crippen LogP contribution < -0.4 is 0 Å². The van der Waals surface area contributed by atoms with Crippen molar-refractivity contribution >= 4 is 5.78 Å². The highest BCUT2D eigenvalue weighted by atomic mass is 16.5. The molecular weight excluding hydrogens is 224 g/mol. The molecule has 100 valence electrons. The van der Waals surface area contributed by atoms with Gasteiger partial charge in [0, 0.05) is 7.11 Å². The van der Waals surface area contributed by atoms with Crippen molar-refractivity contribution in [1.29, 1.82) is 0 Å². The van der Waals surface area contributed by atoms with Gasteiger partial charge in [-0.25, -0.2) is 0 Å². The minimum Gasteiger partial charge on any atom is -0.365 e. The summed E-state index contributed by atoms with van der Waals surface area (Å²) in [4.78, 5) is 12.3. The quantitative estimate of drug-likeness (QED) is 0.756. The molecule has 0 bridgehead atoms. The molecule has 2 nitrogen and oxygen atoms in total. The third-order valence-corrected chi connectivity index (χ3v) is 4.45. The molecular formula is C16H24O2. The van der Waals surface area contributed by atoms with E-state index in [4.69, 9.17) is 4.74 Å². The number of hydrogen-bond donors (Lipinski definition) is 0. The Kier molecular flexibility index (Phi) is 4.39. The van der Waals surface area contributed by atoms with Crippen molar-refractivity contribution in [3.05, 3.63) is 23.8 Å². The molecule has 1 fully saturated rings. The fourth-order valence-electron chi connectivity index (χ4n) is 3.55. The van der Waals surface area contributed by atoms with E-state index in [2.05, 4.69) is 18.2 Å². The fourth-order valence-corrected chi connectivity index (χ4v) is 3.55. The minimum atomic E-state index is -0.683. The summed E-state index contributed by atoms with van der Waals surface area (Å²) in [5.74, 6) is 0.512. The van der Waals surface area contributed by atoms with Crippen LogP contribution in [0.25, 0.3) is 0 Å². The first kappa shape index (κ1) is 13.5. The molecule has 1 unspecified atom stereocenters. The van der Waals surface area contributed by atoms with Gasteiger partial charge in [-0.2, -0.15) is 0 Å². The third-order valence-electron chi connectivity index (χ3n) is 4.45. The van der Waals surface area contributed by atoms with Crippen LogP contribution in [-0.2, 0) is 9.53 Å². The van der Waals surface area contributed by atoms with Gasteiger partial charge in [0.2, 0.25) is 0 Å². The highest BCUT2D eigenvalue weighted by Crippen LogP contribution is 2.41. The van der Waals surface area contributed by atoms with Gasteiger partial charge in [-0.05, 0) is 44.1 Å². The number of allylic oxidation sites excluding steroid dienone is 2. The number of hydrogen-bond acceptors (Lipinski definition) is 2. The average Bonchev–Trinajstić information content (AvgIpc) is 2.42. The summed E-state index contributed by atoms with van der Waals surface area (Å²) in [6, 6.07) is 0. The van der Waals surface area contributed by atoms with E-state index in [0.29, 0.717) is 5.92 Å². The predicted molar refractivity (Wildman–Crippen MR) is 73.5 cm³/mol. The smallest absolute Gasteiger partial charge is 0.166 e. The normalized spacial score (nSPS) is 24.4. The molecule has 18 heavy (non-hydrogen) atoms. The molecule has 0 amide bonds. The molecule has 2 aliphatic carbocycles. The number of ether oxygens (including phenoxy) is 1. The Morgan fingerprint density at radius 3 is 2.50 bits per heavy atom. The molecule has 0 aromatic carbocycles. The lowest BCUT2D eigenvalue weighted by Gasteiger charge is -2.41. The van der Waals surface area contributed by atoms with E-state index in [0.717, 1.165) is 31.3 Å². The Hall–Kier alpha value is -0.890. The zero-order valence-corrected chi connectivity index (χ0v) is 11.6. The van der Waals surface area contributed by atoms with Crippen molar-refractivity contribution in [2.24, 2.45) is 5.92 Å². The summed E-state index contributed by atoms with van der Waals surface area (Å²) in [6.07, 6.45) is 14.5. The third kappa shape index (κ3) is 2.31.